The summed E-state index contributed by atoms with van der Waals surface area (Å²) in [6, 6.07) is 0. The van der Waals surface area contributed by atoms with E-state index in [2.05, 4.69) is 26.9 Å². The fraction of sp³-hybridized carbons (Fsp3) is 1.00. The molecule has 0 fully saturated rings. The van der Waals surface area contributed by atoms with Crippen molar-refractivity contribution in [2.24, 2.45) is 5.41 Å². The molecule has 0 radical (unpaired) electrons. The molecule has 0 bridgehead atoms. The maximum atomic E-state index is 9.14. The number of hydrogen-bond donors (Lipinski definition) is 1. The Morgan fingerprint density at radius 3 is 2.00 bits per heavy atom. The van der Waals surface area contributed by atoms with Crippen LogP contribution in [0.5, 0.6) is 0 Å². The highest BCUT2D eigenvalue weighted by Crippen LogP contribution is 2.30. The van der Waals surface area contributed by atoms with E-state index in [0.717, 1.165) is 6.42 Å². The minimum Gasteiger partial charge on any atom is -0.400 e. The number of methoxy groups -OCH3 is 1. The molecule has 0 aliphatic heterocycles. The van der Waals surface area contributed by atoms with Crippen LogP contribution in [0.4, 0.5) is 0 Å². The smallest absolute Gasteiger partial charge is 0.161 e. The second kappa shape index (κ2) is 8.38. The molecule has 0 heterocycles. The molecule has 98 valence electrons. The predicted octanol–water partition coefficient (Wildman–Crippen LogP) is 0.0331. The van der Waals surface area contributed by atoms with E-state index in [9.17, 15) is 0 Å². The average molecular weight is 266 g/mol. The Morgan fingerprint density at radius 2 is 1.69 bits per heavy atom. The Morgan fingerprint density at radius 1 is 1.19 bits per heavy atom. The minimum absolute atomic E-state index is 0.0414. The van der Waals surface area contributed by atoms with Crippen molar-refractivity contribution in [2.75, 3.05) is 13.7 Å². The van der Waals surface area contributed by atoms with Crippen LogP contribution in [-0.2, 0) is 13.6 Å². The molecule has 16 heavy (non-hydrogen) atoms. The van der Waals surface area contributed by atoms with Crippen LogP contribution >= 0.6 is 0 Å². The summed E-state index contributed by atoms with van der Waals surface area (Å²) < 4.78 is 16.7. The molecule has 0 aliphatic carbocycles. The van der Waals surface area contributed by atoms with Gasteiger partial charge in [0.2, 0.25) is 0 Å². The topological polar surface area (TPSA) is 47.9 Å². The number of aliphatic hydroxyl groups is 1. The fourth-order valence-electron chi connectivity index (χ4n) is 1.71. The zero-order valence-corrected chi connectivity index (χ0v) is 14.0. The molecular formula is C10H26O4Si2. The average Bonchev–Trinajstić information content (AvgIpc) is 2.25. The van der Waals surface area contributed by atoms with Gasteiger partial charge < -0.3 is 18.7 Å². The lowest BCUT2D eigenvalue weighted by molar-refractivity contribution is -0.103. The first-order valence-electron chi connectivity index (χ1n) is 5.88. The quantitative estimate of drug-likeness (QED) is 0.473. The molecule has 0 saturated heterocycles. The molecule has 1 unspecified atom stereocenters. The van der Waals surface area contributed by atoms with Crippen LogP contribution in [0.3, 0.4) is 0 Å². The third kappa shape index (κ3) is 5.56. The highest BCUT2D eigenvalue weighted by molar-refractivity contribution is 6.26. The molecule has 0 spiro atoms. The van der Waals surface area contributed by atoms with Gasteiger partial charge in [0.25, 0.3) is 0 Å². The van der Waals surface area contributed by atoms with Crippen molar-refractivity contribution < 1.29 is 18.7 Å². The van der Waals surface area contributed by atoms with Gasteiger partial charge in [-0.05, 0) is 6.42 Å². The van der Waals surface area contributed by atoms with Crippen LogP contribution in [0.25, 0.3) is 0 Å². The SMILES string of the molecule is COC(CO)CC(C)(C)C(O[SiH2]C)O[SiH2]C. The first-order chi connectivity index (χ1) is 7.51. The van der Waals surface area contributed by atoms with Gasteiger partial charge in [0.05, 0.1) is 12.7 Å². The lowest BCUT2D eigenvalue weighted by Crippen LogP contribution is -2.39. The summed E-state index contributed by atoms with van der Waals surface area (Å²) in [4.78, 5) is 0. The zero-order chi connectivity index (χ0) is 12.6. The summed E-state index contributed by atoms with van der Waals surface area (Å²) >= 11 is 0. The summed E-state index contributed by atoms with van der Waals surface area (Å²) in [5, 5.41) is 9.14. The molecule has 0 aromatic rings. The Kier molecular flexibility index (Phi) is 8.52. The summed E-state index contributed by atoms with van der Waals surface area (Å²) in [6.07, 6.45) is 0.472. The Bertz CT molecular complexity index is 168. The van der Waals surface area contributed by atoms with E-state index >= 15 is 0 Å². The first kappa shape index (κ1) is 16.3. The van der Waals surface area contributed by atoms with Gasteiger partial charge in [0.1, 0.15) is 6.29 Å². The molecular weight excluding hydrogens is 240 g/mol. The molecule has 6 heteroatoms. The molecule has 0 amide bonds. The third-order valence-electron chi connectivity index (χ3n) is 2.56. The summed E-state index contributed by atoms with van der Waals surface area (Å²) in [5.41, 5.74) is -0.116. The van der Waals surface area contributed by atoms with Crippen molar-refractivity contribution in [3.05, 3.63) is 0 Å². The van der Waals surface area contributed by atoms with Crippen LogP contribution in [0, 0.1) is 5.41 Å². The van der Waals surface area contributed by atoms with Crippen molar-refractivity contribution in [3.63, 3.8) is 0 Å². The van der Waals surface area contributed by atoms with E-state index in [1.807, 2.05) is 0 Å². The van der Waals surface area contributed by atoms with Gasteiger partial charge >= 0.3 is 0 Å². The number of aliphatic hydroxyl groups excluding tert-OH is 1. The predicted molar refractivity (Wildman–Crippen MR) is 71.1 cm³/mol. The van der Waals surface area contributed by atoms with Crippen molar-refractivity contribution in [2.45, 2.75) is 45.8 Å². The van der Waals surface area contributed by atoms with Crippen LogP contribution in [0.2, 0.25) is 13.1 Å². The van der Waals surface area contributed by atoms with Gasteiger partial charge in [-0.1, -0.05) is 26.9 Å². The fourth-order valence-corrected chi connectivity index (χ4v) is 3.60. The second-order valence-electron chi connectivity index (χ2n) is 4.48. The van der Waals surface area contributed by atoms with Crippen LogP contribution in [0.15, 0.2) is 0 Å². The van der Waals surface area contributed by atoms with E-state index < -0.39 is 19.5 Å². The van der Waals surface area contributed by atoms with E-state index in [0.29, 0.717) is 0 Å². The van der Waals surface area contributed by atoms with Crippen molar-refractivity contribution in [3.8, 4) is 0 Å². The molecule has 0 aromatic heterocycles. The number of ether oxygens (including phenoxy) is 1. The second-order valence-corrected chi connectivity index (χ2v) is 6.30. The molecule has 0 rings (SSSR count). The van der Waals surface area contributed by atoms with Gasteiger partial charge in [0, 0.05) is 12.5 Å². The lowest BCUT2D eigenvalue weighted by atomic mass is 9.86. The molecule has 0 aromatic carbocycles. The number of rotatable bonds is 9. The normalized spacial score (nSPS) is 17.6. The minimum atomic E-state index is -0.486. The highest BCUT2D eigenvalue weighted by Gasteiger charge is 2.32. The van der Waals surface area contributed by atoms with Gasteiger partial charge in [-0.15, -0.1) is 0 Å². The van der Waals surface area contributed by atoms with Gasteiger partial charge in [0.15, 0.2) is 19.5 Å². The standard InChI is InChI=1S/C10H26O4Si2/c1-10(2,6-8(7-11)12-3)9(13-15-4)14-16-5/h8-9,11H,6-7,15-16H2,1-5H3. The van der Waals surface area contributed by atoms with Gasteiger partial charge in [-0.25, -0.2) is 0 Å². The van der Waals surface area contributed by atoms with Gasteiger partial charge in [-0.2, -0.15) is 0 Å². The molecule has 0 saturated carbocycles. The van der Waals surface area contributed by atoms with E-state index in [4.69, 9.17) is 18.7 Å². The third-order valence-corrected chi connectivity index (χ3v) is 3.84. The van der Waals surface area contributed by atoms with Crippen LogP contribution < -0.4 is 0 Å². The molecule has 1 N–H and O–H groups in total. The van der Waals surface area contributed by atoms with E-state index in [1.165, 1.54) is 0 Å². The van der Waals surface area contributed by atoms with Gasteiger partial charge in [-0.3, -0.25) is 0 Å². The molecule has 0 aliphatic rings. The van der Waals surface area contributed by atoms with Crippen molar-refractivity contribution >= 4 is 19.5 Å². The summed E-state index contributed by atoms with van der Waals surface area (Å²) in [6.45, 7) is 8.45. The maximum absolute atomic E-state index is 9.14. The molecule has 1 atom stereocenters. The monoisotopic (exact) mass is 266 g/mol. The van der Waals surface area contributed by atoms with Crippen LogP contribution in [0.1, 0.15) is 20.3 Å². The van der Waals surface area contributed by atoms with E-state index in [1.54, 1.807) is 7.11 Å². The Hall–Kier alpha value is 0.274. The molecule has 4 nitrogen and oxygen atoms in total. The number of hydrogen-bond acceptors (Lipinski definition) is 4. The summed E-state index contributed by atoms with van der Waals surface area (Å²) in [5.74, 6) is 0. The summed E-state index contributed by atoms with van der Waals surface area (Å²) in [7, 11) is 0.650. The first-order valence-corrected chi connectivity index (χ1v) is 9.86. The lowest BCUT2D eigenvalue weighted by Gasteiger charge is -2.36. The Balaban J connectivity index is 4.43. The van der Waals surface area contributed by atoms with E-state index in [-0.39, 0.29) is 24.4 Å². The zero-order valence-electron chi connectivity index (χ0n) is 11.2. The Labute approximate surface area is 104 Å². The largest absolute Gasteiger partial charge is 0.400 e. The van der Waals surface area contributed by atoms with Crippen LogP contribution in [-0.4, -0.2) is 50.7 Å². The van der Waals surface area contributed by atoms with Crippen molar-refractivity contribution in [1.29, 1.82) is 0 Å². The maximum Gasteiger partial charge on any atom is 0.161 e. The highest BCUT2D eigenvalue weighted by atomic mass is 28.2. The van der Waals surface area contributed by atoms with Crippen molar-refractivity contribution in [1.82, 2.24) is 0 Å².